The van der Waals surface area contributed by atoms with E-state index in [0.29, 0.717) is 16.2 Å². The maximum atomic E-state index is 13.3. The minimum absolute atomic E-state index is 0.0445. The first kappa shape index (κ1) is 25.1. The van der Waals surface area contributed by atoms with Crippen LogP contribution in [-0.4, -0.2) is 41.0 Å². The second kappa shape index (κ2) is 8.49. The third kappa shape index (κ3) is 3.23. The van der Waals surface area contributed by atoms with Gasteiger partial charge >= 0.3 is 11.9 Å². The van der Waals surface area contributed by atoms with Crippen LogP contribution in [0.2, 0.25) is 20.1 Å². The lowest BCUT2D eigenvalue weighted by Gasteiger charge is -2.23. The molecule has 2 amide bonds. The van der Waals surface area contributed by atoms with Crippen molar-refractivity contribution in [1.82, 2.24) is 5.32 Å². The molecule has 0 aliphatic rings. The van der Waals surface area contributed by atoms with Crippen molar-refractivity contribution in [3.8, 4) is 0 Å². The Morgan fingerprint density at radius 3 is 1.92 bits per heavy atom. The Balaban J connectivity index is 2.42. The van der Waals surface area contributed by atoms with Gasteiger partial charge in [-0.2, -0.15) is 0 Å². The Bertz CT molecular complexity index is 1920. The molecule has 12 heteroatoms. The molecule has 0 atom stereocenters. The molecule has 0 radical (unpaired) electrons. The van der Waals surface area contributed by atoms with Crippen LogP contribution in [-0.2, 0) is 0 Å². The molecule has 8 nitrogen and oxygen atoms in total. The number of amides is 2. The summed E-state index contributed by atoms with van der Waals surface area (Å²) in [4.78, 5) is 51.0. The smallest absolute Gasteiger partial charge is 0.337 e. The van der Waals surface area contributed by atoms with Crippen LogP contribution in [0.4, 0.5) is 0 Å². The van der Waals surface area contributed by atoms with Crippen molar-refractivity contribution in [3.63, 3.8) is 0 Å². The minimum atomic E-state index is -1.71. The maximum absolute atomic E-state index is 13.3. The molecule has 0 aliphatic heterocycles. The molecule has 0 aromatic heterocycles. The number of carbonyl (C=O) groups is 4. The molecule has 0 aliphatic carbocycles. The van der Waals surface area contributed by atoms with Crippen LogP contribution in [0.5, 0.6) is 0 Å². The predicted molar refractivity (Wildman–Crippen MR) is 144 cm³/mol. The fraction of sp³-hybridized carbons (Fsp3) is 0.0400. The van der Waals surface area contributed by atoms with Crippen LogP contribution in [0.1, 0.15) is 41.4 Å². The average Bonchev–Trinajstić information content (AvgIpc) is 2.84. The molecule has 5 aromatic carbocycles. The molecule has 0 saturated carbocycles. The van der Waals surface area contributed by atoms with Crippen LogP contribution in [0.25, 0.3) is 43.1 Å². The lowest BCUT2D eigenvalue weighted by molar-refractivity contribution is 0.0693. The Hall–Kier alpha value is -3.56. The van der Waals surface area contributed by atoms with Gasteiger partial charge in [-0.05, 0) is 22.2 Å². The number of fused-ring (bicyclic) bond motifs is 2. The number of carboxylic acids is 2. The molecular weight excluding hydrogens is 566 g/mol. The first-order valence-electron chi connectivity index (χ1n) is 10.4. The number of halogens is 4. The molecule has 0 saturated heterocycles. The highest BCUT2D eigenvalue weighted by Gasteiger charge is 2.35. The largest absolute Gasteiger partial charge is 0.478 e. The number of carboxylic acid groups (broad SMARTS) is 2. The van der Waals surface area contributed by atoms with E-state index in [1.807, 2.05) is 0 Å². The fourth-order valence-corrected chi connectivity index (χ4v) is 6.06. The predicted octanol–water partition coefficient (Wildman–Crippen LogP) is 6.21. The molecule has 186 valence electrons. The monoisotopic (exact) mass is 576 g/mol. The lowest BCUT2D eigenvalue weighted by Crippen LogP contribution is -2.27. The zero-order valence-corrected chi connectivity index (χ0v) is 21.4. The first-order chi connectivity index (χ1) is 17.4. The quantitative estimate of drug-likeness (QED) is 0.147. The van der Waals surface area contributed by atoms with Crippen molar-refractivity contribution in [2.75, 3.05) is 7.05 Å². The summed E-state index contributed by atoms with van der Waals surface area (Å²) in [5, 5.41) is 23.5. The standard InChI is InChI=1S/C25H12Cl4N2O6/c1-31-23(33)16-10-7-4-2-3-6-5-8(26)19(27)13(9(6)7)14-11(10)12(17(24(34)35)15(16)22(30)32)18(25(36)37)21(29)20(14)28/h2-5H,1H3,(H2,30,32)(H,31,33)(H,34,35)(H,36,37). The summed E-state index contributed by atoms with van der Waals surface area (Å²) in [7, 11) is 1.29. The Kier molecular flexibility index (Phi) is 5.76. The molecule has 5 N–H and O–H groups in total. The average molecular weight is 578 g/mol. The van der Waals surface area contributed by atoms with Gasteiger partial charge in [-0.15, -0.1) is 0 Å². The highest BCUT2D eigenvalue weighted by Crippen LogP contribution is 2.52. The number of hydrogen-bond acceptors (Lipinski definition) is 4. The van der Waals surface area contributed by atoms with Crippen LogP contribution in [0, 0.1) is 0 Å². The summed E-state index contributed by atoms with van der Waals surface area (Å²) in [6.45, 7) is 0. The molecular formula is C25H12Cl4N2O6. The number of aromatic carboxylic acids is 2. The van der Waals surface area contributed by atoms with Gasteiger partial charge in [-0.25, -0.2) is 9.59 Å². The first-order valence-corrected chi connectivity index (χ1v) is 11.9. The third-order valence-corrected chi connectivity index (χ3v) is 7.98. The van der Waals surface area contributed by atoms with E-state index in [0.717, 1.165) is 0 Å². The maximum Gasteiger partial charge on any atom is 0.337 e. The number of benzene rings is 5. The molecule has 0 unspecified atom stereocenters. The third-order valence-electron chi connectivity index (χ3n) is 6.34. The number of rotatable bonds is 4. The van der Waals surface area contributed by atoms with E-state index >= 15 is 0 Å². The van der Waals surface area contributed by atoms with Crippen molar-refractivity contribution < 1.29 is 29.4 Å². The van der Waals surface area contributed by atoms with E-state index in [1.165, 1.54) is 7.05 Å². The van der Waals surface area contributed by atoms with Crippen molar-refractivity contribution in [2.24, 2.45) is 5.73 Å². The summed E-state index contributed by atoms with van der Waals surface area (Å²) >= 11 is 26.2. The van der Waals surface area contributed by atoms with E-state index in [4.69, 9.17) is 52.1 Å². The van der Waals surface area contributed by atoms with E-state index in [-0.39, 0.29) is 42.2 Å². The minimum Gasteiger partial charge on any atom is -0.478 e. The number of nitrogens with two attached hydrogens (primary N) is 1. The van der Waals surface area contributed by atoms with Crippen molar-refractivity contribution in [1.29, 1.82) is 0 Å². The Morgan fingerprint density at radius 1 is 0.730 bits per heavy atom. The van der Waals surface area contributed by atoms with Gasteiger partial charge in [0.1, 0.15) is 0 Å². The number of hydrogen-bond donors (Lipinski definition) is 4. The molecule has 5 aromatic rings. The molecule has 0 bridgehead atoms. The van der Waals surface area contributed by atoms with Gasteiger partial charge in [0.05, 0.1) is 42.3 Å². The second-order valence-electron chi connectivity index (χ2n) is 8.13. The summed E-state index contributed by atoms with van der Waals surface area (Å²) < 4.78 is 0. The number of carbonyl (C=O) groups excluding carboxylic acids is 2. The van der Waals surface area contributed by atoms with Gasteiger partial charge in [-0.3, -0.25) is 9.59 Å². The molecule has 5 rings (SSSR count). The molecule has 0 spiro atoms. The van der Waals surface area contributed by atoms with E-state index in [2.05, 4.69) is 5.32 Å². The van der Waals surface area contributed by atoms with E-state index < -0.39 is 50.9 Å². The summed E-state index contributed by atoms with van der Waals surface area (Å²) in [6.07, 6.45) is 0. The van der Waals surface area contributed by atoms with Crippen molar-refractivity contribution in [3.05, 3.63) is 66.6 Å². The Labute approximate surface area is 226 Å². The Morgan fingerprint density at radius 2 is 1.35 bits per heavy atom. The van der Waals surface area contributed by atoms with Crippen molar-refractivity contribution in [2.45, 2.75) is 0 Å². The van der Waals surface area contributed by atoms with Gasteiger partial charge in [0.25, 0.3) is 5.91 Å². The highest BCUT2D eigenvalue weighted by atomic mass is 35.5. The van der Waals surface area contributed by atoms with Gasteiger partial charge in [0.2, 0.25) is 5.91 Å². The van der Waals surface area contributed by atoms with Crippen molar-refractivity contribution >= 4 is 113 Å². The topological polar surface area (TPSA) is 147 Å². The normalized spacial score (nSPS) is 11.6. The zero-order chi connectivity index (χ0) is 27.1. The van der Waals surface area contributed by atoms with Crippen LogP contribution in [0.15, 0.2) is 24.3 Å². The van der Waals surface area contributed by atoms with E-state index in [1.54, 1.807) is 24.3 Å². The zero-order valence-electron chi connectivity index (χ0n) is 18.4. The number of nitrogens with one attached hydrogen (secondary N) is 1. The summed E-state index contributed by atoms with van der Waals surface area (Å²) in [5.41, 5.74) is 3.09. The lowest BCUT2D eigenvalue weighted by atomic mass is 9.81. The van der Waals surface area contributed by atoms with Gasteiger partial charge in [0.15, 0.2) is 0 Å². The van der Waals surface area contributed by atoms with E-state index in [9.17, 15) is 29.4 Å². The van der Waals surface area contributed by atoms with Gasteiger partial charge in [-0.1, -0.05) is 64.6 Å². The molecule has 0 heterocycles. The van der Waals surface area contributed by atoms with Crippen LogP contribution < -0.4 is 11.1 Å². The SMILES string of the molecule is CNC(=O)c1c(C(N)=O)c(C(=O)O)c2c(C(=O)O)c(Cl)c(Cl)c3c4c(Cl)c(Cl)cc5cccc(c1c23)c54. The summed E-state index contributed by atoms with van der Waals surface area (Å²) in [5.74, 6) is -5.41. The van der Waals surface area contributed by atoms with Crippen LogP contribution >= 0.6 is 46.4 Å². The highest BCUT2D eigenvalue weighted by molar-refractivity contribution is 6.56. The van der Waals surface area contributed by atoms with Gasteiger partial charge in [0, 0.05) is 34.0 Å². The fourth-order valence-electron chi connectivity index (χ4n) is 5.05. The number of primary amides is 1. The van der Waals surface area contributed by atoms with Gasteiger partial charge < -0.3 is 21.3 Å². The summed E-state index contributed by atoms with van der Waals surface area (Å²) in [6, 6.07) is 6.60. The van der Waals surface area contributed by atoms with Crippen LogP contribution in [0.3, 0.4) is 0 Å². The molecule has 37 heavy (non-hydrogen) atoms. The second-order valence-corrected chi connectivity index (χ2v) is 9.67. The molecule has 0 fully saturated rings.